The third-order valence-corrected chi connectivity index (χ3v) is 4.25. The summed E-state index contributed by atoms with van der Waals surface area (Å²) in [5, 5.41) is 7.80. The summed E-state index contributed by atoms with van der Waals surface area (Å²) in [6.07, 6.45) is 0. The lowest BCUT2D eigenvalue weighted by Crippen LogP contribution is -2.06. The second-order valence-corrected chi connectivity index (χ2v) is 6.05. The summed E-state index contributed by atoms with van der Waals surface area (Å²) >= 11 is 7.08. The van der Waals surface area contributed by atoms with Gasteiger partial charge in [0.1, 0.15) is 0 Å². The largest absolute Gasteiger partial charge is 0.379 e. The van der Waals surface area contributed by atoms with Gasteiger partial charge in [0.2, 0.25) is 0 Å². The van der Waals surface area contributed by atoms with Crippen molar-refractivity contribution in [3.63, 3.8) is 0 Å². The van der Waals surface area contributed by atoms with Gasteiger partial charge in [-0.2, -0.15) is 5.10 Å². The van der Waals surface area contributed by atoms with Gasteiger partial charge in [0.05, 0.1) is 22.4 Å². The van der Waals surface area contributed by atoms with Gasteiger partial charge < -0.3 is 5.32 Å². The molecule has 3 nitrogen and oxygen atoms in total. The fraction of sp³-hybridized carbons (Fsp3) is 0.308. The summed E-state index contributed by atoms with van der Waals surface area (Å²) < 4.78 is 4.06. The SMILES string of the molecule is Cc1cc(Br)cc(NCc2c(Br)c(C)nn2C)c1. The maximum atomic E-state index is 4.38. The van der Waals surface area contributed by atoms with Gasteiger partial charge in [-0.15, -0.1) is 0 Å². The van der Waals surface area contributed by atoms with Crippen LogP contribution in [0, 0.1) is 13.8 Å². The van der Waals surface area contributed by atoms with Crippen LogP contribution in [0.15, 0.2) is 27.1 Å². The molecule has 2 rings (SSSR count). The van der Waals surface area contributed by atoms with E-state index in [-0.39, 0.29) is 0 Å². The predicted molar refractivity (Wildman–Crippen MR) is 81.9 cm³/mol. The molecule has 0 spiro atoms. The summed E-state index contributed by atoms with van der Waals surface area (Å²) in [5.74, 6) is 0. The highest BCUT2D eigenvalue weighted by Gasteiger charge is 2.10. The van der Waals surface area contributed by atoms with Crippen molar-refractivity contribution in [2.24, 2.45) is 7.05 Å². The fourth-order valence-electron chi connectivity index (χ4n) is 1.90. The lowest BCUT2D eigenvalue weighted by molar-refractivity contribution is 0.712. The highest BCUT2D eigenvalue weighted by atomic mass is 79.9. The summed E-state index contributed by atoms with van der Waals surface area (Å²) in [7, 11) is 1.96. The van der Waals surface area contributed by atoms with Crippen molar-refractivity contribution in [3.8, 4) is 0 Å². The Hall–Kier alpha value is -0.810. The minimum absolute atomic E-state index is 0.744. The maximum Gasteiger partial charge on any atom is 0.0739 e. The molecule has 2 aromatic rings. The lowest BCUT2D eigenvalue weighted by atomic mass is 10.2. The van der Waals surface area contributed by atoms with Crippen molar-refractivity contribution in [2.75, 3.05) is 5.32 Å². The first-order valence-corrected chi connectivity index (χ1v) is 7.25. The number of aryl methyl sites for hydroxylation is 3. The molecule has 5 heteroatoms. The van der Waals surface area contributed by atoms with E-state index in [4.69, 9.17) is 0 Å². The molecule has 1 N–H and O–H groups in total. The number of nitrogens with one attached hydrogen (secondary N) is 1. The van der Waals surface area contributed by atoms with Crippen molar-refractivity contribution in [2.45, 2.75) is 20.4 Å². The number of halogens is 2. The van der Waals surface area contributed by atoms with Gasteiger partial charge in [-0.25, -0.2) is 0 Å². The van der Waals surface area contributed by atoms with Gasteiger partial charge in [-0.1, -0.05) is 15.9 Å². The quantitative estimate of drug-likeness (QED) is 0.875. The summed E-state index contributed by atoms with van der Waals surface area (Å²) in [4.78, 5) is 0. The molecule has 1 heterocycles. The van der Waals surface area contributed by atoms with Crippen molar-refractivity contribution < 1.29 is 0 Å². The van der Waals surface area contributed by atoms with Crippen LogP contribution in [0.5, 0.6) is 0 Å². The van der Waals surface area contributed by atoms with Gasteiger partial charge in [0.25, 0.3) is 0 Å². The minimum Gasteiger partial charge on any atom is -0.379 e. The van der Waals surface area contributed by atoms with E-state index in [0.717, 1.165) is 32.6 Å². The van der Waals surface area contributed by atoms with Gasteiger partial charge >= 0.3 is 0 Å². The van der Waals surface area contributed by atoms with E-state index in [1.54, 1.807) is 0 Å². The molecule has 18 heavy (non-hydrogen) atoms. The zero-order chi connectivity index (χ0) is 13.3. The Bertz CT molecular complexity index is 556. The van der Waals surface area contributed by atoms with E-state index in [1.807, 2.05) is 18.7 Å². The molecule has 0 unspecified atom stereocenters. The van der Waals surface area contributed by atoms with Crippen molar-refractivity contribution >= 4 is 37.5 Å². The zero-order valence-corrected chi connectivity index (χ0v) is 13.8. The summed E-state index contributed by atoms with van der Waals surface area (Å²) in [6, 6.07) is 6.29. The Balaban J connectivity index is 2.16. The molecule has 0 aliphatic carbocycles. The Morgan fingerprint density at radius 2 is 1.94 bits per heavy atom. The Labute approximate surface area is 124 Å². The topological polar surface area (TPSA) is 29.9 Å². The van der Waals surface area contributed by atoms with Gasteiger partial charge in [0.15, 0.2) is 0 Å². The number of benzene rings is 1. The minimum atomic E-state index is 0.744. The van der Waals surface area contributed by atoms with Crippen LogP contribution < -0.4 is 5.32 Å². The molecule has 0 atom stereocenters. The maximum absolute atomic E-state index is 4.38. The Morgan fingerprint density at radius 1 is 1.22 bits per heavy atom. The number of aromatic nitrogens is 2. The molecule has 96 valence electrons. The molecular formula is C13H15Br2N3. The number of rotatable bonds is 3. The average Bonchev–Trinajstić information content (AvgIpc) is 2.50. The van der Waals surface area contributed by atoms with E-state index in [0.29, 0.717) is 0 Å². The first kappa shape index (κ1) is 13.6. The van der Waals surface area contributed by atoms with Crippen LogP contribution >= 0.6 is 31.9 Å². The standard InChI is InChI=1S/C13H15Br2N3/c1-8-4-10(14)6-11(5-8)16-7-12-13(15)9(2)17-18(12)3/h4-6,16H,7H2,1-3H3. The third-order valence-electron chi connectivity index (χ3n) is 2.76. The van der Waals surface area contributed by atoms with Gasteiger partial charge in [-0.05, 0) is 53.5 Å². The number of anilines is 1. The molecule has 0 aliphatic heterocycles. The average molecular weight is 373 g/mol. The lowest BCUT2D eigenvalue weighted by Gasteiger charge is -2.09. The third kappa shape index (κ3) is 2.95. The van der Waals surface area contributed by atoms with Gasteiger partial charge in [-0.3, -0.25) is 4.68 Å². The molecule has 0 saturated heterocycles. The molecule has 0 amide bonds. The predicted octanol–water partition coefficient (Wildman–Crippen LogP) is 4.17. The second kappa shape index (κ2) is 5.45. The molecule has 0 fully saturated rings. The second-order valence-electron chi connectivity index (χ2n) is 4.34. The van der Waals surface area contributed by atoms with Crippen molar-refractivity contribution in [1.29, 1.82) is 0 Å². The smallest absolute Gasteiger partial charge is 0.0739 e. The summed E-state index contributed by atoms with van der Waals surface area (Å²) in [5.41, 5.74) is 4.49. The van der Waals surface area contributed by atoms with Crippen LogP contribution in [0.3, 0.4) is 0 Å². The van der Waals surface area contributed by atoms with E-state index in [2.05, 4.69) is 67.4 Å². The zero-order valence-electron chi connectivity index (χ0n) is 10.6. The van der Waals surface area contributed by atoms with E-state index in [1.165, 1.54) is 5.56 Å². The molecule has 1 aromatic carbocycles. The molecular weight excluding hydrogens is 358 g/mol. The number of hydrogen-bond donors (Lipinski definition) is 1. The van der Waals surface area contributed by atoms with E-state index >= 15 is 0 Å². The highest BCUT2D eigenvalue weighted by molar-refractivity contribution is 9.10. The number of hydrogen-bond acceptors (Lipinski definition) is 2. The first-order valence-electron chi connectivity index (χ1n) is 5.66. The molecule has 0 aliphatic rings. The monoisotopic (exact) mass is 371 g/mol. The van der Waals surface area contributed by atoms with Crippen molar-refractivity contribution in [1.82, 2.24) is 9.78 Å². The Morgan fingerprint density at radius 3 is 2.50 bits per heavy atom. The molecule has 0 saturated carbocycles. The first-order chi connectivity index (χ1) is 8.47. The fourth-order valence-corrected chi connectivity index (χ4v) is 2.98. The van der Waals surface area contributed by atoms with Crippen LogP contribution in [-0.2, 0) is 13.6 Å². The molecule has 0 bridgehead atoms. The van der Waals surface area contributed by atoms with Crippen LogP contribution in [0.25, 0.3) is 0 Å². The molecule has 1 aromatic heterocycles. The van der Waals surface area contributed by atoms with E-state index < -0.39 is 0 Å². The normalized spacial score (nSPS) is 10.7. The van der Waals surface area contributed by atoms with Crippen LogP contribution in [0.4, 0.5) is 5.69 Å². The van der Waals surface area contributed by atoms with Gasteiger partial charge in [0, 0.05) is 17.2 Å². The van der Waals surface area contributed by atoms with Crippen LogP contribution in [-0.4, -0.2) is 9.78 Å². The summed E-state index contributed by atoms with van der Waals surface area (Å²) in [6.45, 7) is 4.82. The van der Waals surface area contributed by atoms with E-state index in [9.17, 15) is 0 Å². The van der Waals surface area contributed by atoms with Crippen LogP contribution in [0.1, 0.15) is 17.0 Å². The van der Waals surface area contributed by atoms with Crippen molar-refractivity contribution in [3.05, 3.63) is 44.1 Å². The Kier molecular flexibility index (Phi) is 4.12. The molecule has 0 radical (unpaired) electrons. The van der Waals surface area contributed by atoms with Crippen LogP contribution in [0.2, 0.25) is 0 Å². The highest BCUT2D eigenvalue weighted by Crippen LogP contribution is 2.23. The number of nitrogens with zero attached hydrogens (tertiary/aromatic N) is 2.